The van der Waals surface area contributed by atoms with Crippen LogP contribution in [-0.4, -0.2) is 17.3 Å². The Morgan fingerprint density at radius 2 is 2.24 bits per heavy atom. The van der Waals surface area contributed by atoms with Gasteiger partial charge in [0.05, 0.1) is 10.7 Å². The van der Waals surface area contributed by atoms with E-state index in [1.165, 1.54) is 0 Å². The number of anilines is 1. The van der Waals surface area contributed by atoms with E-state index >= 15 is 0 Å². The largest absolute Gasteiger partial charge is 0.398 e. The highest BCUT2D eigenvalue weighted by molar-refractivity contribution is 6.33. The summed E-state index contributed by atoms with van der Waals surface area (Å²) in [7, 11) is 1.58. The highest BCUT2D eigenvalue weighted by Gasteiger charge is 2.14. The summed E-state index contributed by atoms with van der Waals surface area (Å²) < 4.78 is 10.2. The van der Waals surface area contributed by atoms with E-state index in [-0.39, 0.29) is 6.10 Å². The Morgan fingerprint density at radius 3 is 2.88 bits per heavy atom. The van der Waals surface area contributed by atoms with Crippen LogP contribution in [0.5, 0.6) is 0 Å². The van der Waals surface area contributed by atoms with E-state index < -0.39 is 0 Å². The van der Waals surface area contributed by atoms with Crippen LogP contribution in [0.25, 0.3) is 11.5 Å². The molecule has 1 aromatic heterocycles. The van der Waals surface area contributed by atoms with Crippen molar-refractivity contribution in [1.29, 1.82) is 0 Å². The molecule has 1 aromatic carbocycles. The zero-order chi connectivity index (χ0) is 12.4. The summed E-state index contributed by atoms with van der Waals surface area (Å²) in [5.41, 5.74) is 6.91. The molecule has 1 atom stereocenters. The third kappa shape index (κ3) is 2.40. The number of methoxy groups -OCH3 is 1. The Labute approximate surface area is 104 Å². The van der Waals surface area contributed by atoms with Crippen molar-refractivity contribution in [3.63, 3.8) is 0 Å². The summed E-state index contributed by atoms with van der Waals surface area (Å²) in [6, 6.07) is 5.15. The molecule has 0 aliphatic heterocycles. The standard InChI is InChI=1S/C11H12ClN3O2/c1-6(16-2)10-14-11(17-15-10)7-3-4-8(12)9(13)5-7/h3-6H,13H2,1-2H3. The first-order valence-corrected chi connectivity index (χ1v) is 5.41. The number of benzene rings is 1. The van der Waals surface area contributed by atoms with Crippen molar-refractivity contribution in [2.24, 2.45) is 0 Å². The smallest absolute Gasteiger partial charge is 0.258 e. The Kier molecular flexibility index (Phi) is 3.31. The summed E-state index contributed by atoms with van der Waals surface area (Å²) in [6.07, 6.45) is -0.211. The number of hydrogen-bond acceptors (Lipinski definition) is 5. The number of hydrogen-bond donors (Lipinski definition) is 1. The number of aromatic nitrogens is 2. The molecule has 0 aliphatic rings. The molecule has 1 unspecified atom stereocenters. The quantitative estimate of drug-likeness (QED) is 0.852. The van der Waals surface area contributed by atoms with Crippen LogP contribution in [0.2, 0.25) is 5.02 Å². The van der Waals surface area contributed by atoms with Gasteiger partial charge in [-0.15, -0.1) is 0 Å². The van der Waals surface area contributed by atoms with Crippen LogP contribution in [-0.2, 0) is 4.74 Å². The van der Waals surface area contributed by atoms with Crippen LogP contribution in [0.4, 0.5) is 5.69 Å². The van der Waals surface area contributed by atoms with Crippen LogP contribution < -0.4 is 5.73 Å². The second kappa shape index (κ2) is 4.73. The maximum atomic E-state index is 5.83. The van der Waals surface area contributed by atoms with Crippen molar-refractivity contribution >= 4 is 17.3 Å². The molecule has 2 N–H and O–H groups in total. The van der Waals surface area contributed by atoms with E-state index in [0.717, 1.165) is 5.56 Å². The second-order valence-corrected chi connectivity index (χ2v) is 3.98. The van der Waals surface area contributed by atoms with Gasteiger partial charge in [0.15, 0.2) is 0 Å². The minimum atomic E-state index is -0.211. The Morgan fingerprint density at radius 1 is 1.47 bits per heavy atom. The zero-order valence-electron chi connectivity index (χ0n) is 9.48. The highest BCUT2D eigenvalue weighted by atomic mass is 35.5. The summed E-state index contributed by atoms with van der Waals surface area (Å²) >= 11 is 5.83. The predicted octanol–water partition coefficient (Wildman–Crippen LogP) is 2.68. The van der Waals surface area contributed by atoms with Crippen molar-refractivity contribution in [2.45, 2.75) is 13.0 Å². The number of ether oxygens (including phenoxy) is 1. The SMILES string of the molecule is COC(C)c1noc(-c2ccc(Cl)c(N)c2)n1. The zero-order valence-corrected chi connectivity index (χ0v) is 10.2. The summed E-state index contributed by atoms with van der Waals surface area (Å²) in [6.45, 7) is 1.84. The molecule has 0 saturated heterocycles. The minimum Gasteiger partial charge on any atom is -0.398 e. The van der Waals surface area contributed by atoms with Crippen LogP contribution in [0.1, 0.15) is 18.9 Å². The molecule has 0 spiro atoms. The summed E-state index contributed by atoms with van der Waals surface area (Å²) in [4.78, 5) is 4.22. The lowest BCUT2D eigenvalue weighted by Crippen LogP contribution is -1.97. The molecule has 0 fully saturated rings. The molecule has 2 rings (SSSR count). The Balaban J connectivity index is 2.33. The lowest BCUT2D eigenvalue weighted by Gasteiger charge is -2.01. The van der Waals surface area contributed by atoms with Crippen molar-refractivity contribution in [3.05, 3.63) is 29.0 Å². The first-order chi connectivity index (χ1) is 8.11. The first-order valence-electron chi connectivity index (χ1n) is 5.03. The normalized spacial score (nSPS) is 12.6. The number of nitrogens with zero attached hydrogens (tertiary/aromatic N) is 2. The minimum absolute atomic E-state index is 0.211. The van der Waals surface area contributed by atoms with Gasteiger partial charge in [-0.3, -0.25) is 0 Å². The van der Waals surface area contributed by atoms with Crippen molar-refractivity contribution < 1.29 is 9.26 Å². The molecule has 6 heteroatoms. The van der Waals surface area contributed by atoms with E-state index in [2.05, 4.69) is 10.1 Å². The van der Waals surface area contributed by atoms with Gasteiger partial charge >= 0.3 is 0 Å². The van der Waals surface area contributed by atoms with Gasteiger partial charge in [0.1, 0.15) is 6.10 Å². The van der Waals surface area contributed by atoms with Gasteiger partial charge in [0.2, 0.25) is 5.82 Å². The van der Waals surface area contributed by atoms with E-state index in [1.807, 2.05) is 6.92 Å². The molecule has 0 aliphatic carbocycles. The highest BCUT2D eigenvalue weighted by Crippen LogP contribution is 2.26. The third-order valence-electron chi connectivity index (χ3n) is 2.40. The van der Waals surface area contributed by atoms with E-state index in [0.29, 0.717) is 22.4 Å². The van der Waals surface area contributed by atoms with E-state index in [4.69, 9.17) is 26.6 Å². The van der Waals surface area contributed by atoms with Crippen molar-refractivity contribution in [1.82, 2.24) is 10.1 Å². The average molecular weight is 254 g/mol. The molecule has 1 heterocycles. The third-order valence-corrected chi connectivity index (χ3v) is 2.75. The van der Waals surface area contributed by atoms with Gasteiger partial charge in [-0.2, -0.15) is 4.98 Å². The number of halogens is 1. The molecule has 17 heavy (non-hydrogen) atoms. The van der Waals surface area contributed by atoms with Gasteiger partial charge in [0, 0.05) is 12.7 Å². The first kappa shape index (κ1) is 11.9. The van der Waals surface area contributed by atoms with E-state index in [1.54, 1.807) is 25.3 Å². The fourth-order valence-corrected chi connectivity index (χ4v) is 1.42. The molecule has 0 amide bonds. The van der Waals surface area contributed by atoms with Crippen LogP contribution in [0.15, 0.2) is 22.7 Å². The Hall–Kier alpha value is -1.59. The molecular weight excluding hydrogens is 242 g/mol. The second-order valence-electron chi connectivity index (χ2n) is 3.57. The van der Waals surface area contributed by atoms with Gasteiger partial charge in [-0.05, 0) is 25.1 Å². The predicted molar refractivity (Wildman–Crippen MR) is 64.6 cm³/mol. The van der Waals surface area contributed by atoms with Gasteiger partial charge in [-0.1, -0.05) is 16.8 Å². The van der Waals surface area contributed by atoms with Gasteiger partial charge < -0.3 is 15.0 Å². The molecule has 90 valence electrons. The fourth-order valence-electron chi connectivity index (χ4n) is 1.30. The Bertz CT molecular complexity index is 527. The summed E-state index contributed by atoms with van der Waals surface area (Å²) in [5.74, 6) is 0.892. The lowest BCUT2D eigenvalue weighted by molar-refractivity contribution is 0.109. The van der Waals surface area contributed by atoms with Crippen LogP contribution in [0, 0.1) is 0 Å². The lowest BCUT2D eigenvalue weighted by atomic mass is 10.2. The maximum absolute atomic E-state index is 5.83. The topological polar surface area (TPSA) is 74.2 Å². The van der Waals surface area contributed by atoms with Gasteiger partial charge in [0.25, 0.3) is 5.89 Å². The number of rotatable bonds is 3. The van der Waals surface area contributed by atoms with Crippen LogP contribution >= 0.6 is 11.6 Å². The molecular formula is C11H12ClN3O2. The van der Waals surface area contributed by atoms with Crippen molar-refractivity contribution in [3.8, 4) is 11.5 Å². The van der Waals surface area contributed by atoms with E-state index in [9.17, 15) is 0 Å². The van der Waals surface area contributed by atoms with Gasteiger partial charge in [-0.25, -0.2) is 0 Å². The monoisotopic (exact) mass is 253 g/mol. The van der Waals surface area contributed by atoms with Crippen LogP contribution in [0.3, 0.4) is 0 Å². The molecule has 5 nitrogen and oxygen atoms in total. The fraction of sp³-hybridized carbons (Fsp3) is 0.273. The molecule has 0 radical (unpaired) electrons. The summed E-state index contributed by atoms with van der Waals surface area (Å²) in [5, 5.41) is 4.33. The van der Waals surface area contributed by atoms with Crippen molar-refractivity contribution in [2.75, 3.05) is 12.8 Å². The molecule has 0 saturated carbocycles. The molecule has 0 bridgehead atoms. The maximum Gasteiger partial charge on any atom is 0.258 e. The molecule has 2 aromatic rings. The average Bonchev–Trinajstić information content (AvgIpc) is 2.81. The number of nitrogens with two attached hydrogens (primary N) is 1. The number of nitrogen functional groups attached to an aromatic ring is 1.